The molecule has 1 aliphatic heterocycles. The van der Waals surface area contributed by atoms with E-state index in [1.54, 1.807) is 0 Å². The van der Waals surface area contributed by atoms with Gasteiger partial charge < -0.3 is 4.90 Å². The van der Waals surface area contributed by atoms with Crippen LogP contribution in [0, 0.1) is 0 Å². The lowest BCUT2D eigenvalue weighted by Gasteiger charge is -2.36. The first-order chi connectivity index (χ1) is 7.09. The van der Waals surface area contributed by atoms with Crippen molar-refractivity contribution in [3.63, 3.8) is 0 Å². The van der Waals surface area contributed by atoms with Crippen molar-refractivity contribution in [2.75, 3.05) is 11.4 Å². The normalized spacial score (nSPS) is 17.1. The minimum absolute atomic E-state index is 0.174. The van der Waals surface area contributed by atoms with Gasteiger partial charge in [0, 0.05) is 18.3 Å². The third-order valence-corrected chi connectivity index (χ3v) is 3.01. The van der Waals surface area contributed by atoms with Crippen LogP contribution < -0.4 is 4.90 Å². The van der Waals surface area contributed by atoms with E-state index in [1.807, 2.05) is 12.3 Å². The van der Waals surface area contributed by atoms with Gasteiger partial charge in [-0.3, -0.25) is 0 Å². The molecule has 1 aromatic rings. The van der Waals surface area contributed by atoms with Crippen molar-refractivity contribution in [2.24, 2.45) is 0 Å². The Labute approximate surface area is 92.3 Å². The summed E-state index contributed by atoms with van der Waals surface area (Å²) in [6.07, 6.45) is 5.64. The van der Waals surface area contributed by atoms with E-state index in [0.29, 0.717) is 0 Å². The van der Waals surface area contributed by atoms with E-state index in [2.05, 4.69) is 36.7 Å². The molecule has 0 N–H and O–H groups in total. The molecular formula is C13H20N2. The highest BCUT2D eigenvalue weighted by Gasteiger charge is 2.25. The van der Waals surface area contributed by atoms with Crippen LogP contribution in [0.4, 0.5) is 5.82 Å². The summed E-state index contributed by atoms with van der Waals surface area (Å²) in [7, 11) is 0. The first-order valence-corrected chi connectivity index (χ1v) is 5.80. The molecule has 82 valence electrons. The van der Waals surface area contributed by atoms with Crippen molar-refractivity contribution < 1.29 is 0 Å². The molecule has 0 aliphatic carbocycles. The van der Waals surface area contributed by atoms with Crippen molar-refractivity contribution >= 4 is 5.82 Å². The fourth-order valence-electron chi connectivity index (χ4n) is 2.21. The van der Waals surface area contributed by atoms with E-state index in [4.69, 9.17) is 0 Å². The van der Waals surface area contributed by atoms with Gasteiger partial charge in [0.05, 0.1) is 0 Å². The molecule has 0 saturated carbocycles. The number of aryl methyl sites for hydroxylation is 1. The van der Waals surface area contributed by atoms with E-state index in [-0.39, 0.29) is 5.54 Å². The Bertz CT molecular complexity index is 339. The molecule has 0 spiro atoms. The molecule has 0 fully saturated rings. The fourth-order valence-corrected chi connectivity index (χ4v) is 2.21. The van der Waals surface area contributed by atoms with Gasteiger partial charge in [-0.25, -0.2) is 4.98 Å². The summed E-state index contributed by atoms with van der Waals surface area (Å²) in [6, 6.07) is 4.26. The zero-order valence-corrected chi connectivity index (χ0v) is 9.95. The zero-order chi connectivity index (χ0) is 10.9. The summed E-state index contributed by atoms with van der Waals surface area (Å²) in [5.74, 6) is 1.20. The molecule has 2 heteroatoms. The van der Waals surface area contributed by atoms with E-state index in [0.717, 1.165) is 6.54 Å². The predicted molar refractivity (Wildman–Crippen MR) is 64.3 cm³/mol. The summed E-state index contributed by atoms with van der Waals surface area (Å²) in [6.45, 7) is 7.91. The molecule has 2 nitrogen and oxygen atoms in total. The van der Waals surface area contributed by atoms with Gasteiger partial charge >= 0.3 is 0 Å². The molecule has 0 unspecified atom stereocenters. The van der Waals surface area contributed by atoms with E-state index in [1.165, 1.54) is 30.6 Å². The van der Waals surface area contributed by atoms with Gasteiger partial charge in [0.2, 0.25) is 0 Å². The van der Waals surface area contributed by atoms with Crippen LogP contribution in [-0.2, 0) is 6.42 Å². The highest BCUT2D eigenvalue weighted by atomic mass is 15.2. The molecule has 2 rings (SSSR count). The SMILES string of the molecule is CC(C)(C)N1CCCCc2cccnc21. The third kappa shape index (κ3) is 2.14. The zero-order valence-electron chi connectivity index (χ0n) is 9.95. The Morgan fingerprint density at radius 2 is 2.07 bits per heavy atom. The van der Waals surface area contributed by atoms with E-state index in [9.17, 15) is 0 Å². The second-order valence-electron chi connectivity index (χ2n) is 5.27. The van der Waals surface area contributed by atoms with Crippen LogP contribution in [0.2, 0.25) is 0 Å². The summed E-state index contributed by atoms with van der Waals surface area (Å²) in [5.41, 5.74) is 1.58. The molecule has 1 aliphatic rings. The Hall–Kier alpha value is -1.05. The fraction of sp³-hybridized carbons (Fsp3) is 0.615. The van der Waals surface area contributed by atoms with Gasteiger partial charge in [-0.2, -0.15) is 0 Å². The van der Waals surface area contributed by atoms with Gasteiger partial charge in [-0.15, -0.1) is 0 Å². The van der Waals surface area contributed by atoms with Crippen molar-refractivity contribution in [3.05, 3.63) is 23.9 Å². The molecule has 0 bridgehead atoms. The Balaban J connectivity index is 2.41. The first kappa shape index (κ1) is 10.5. The second kappa shape index (κ2) is 3.84. The molecule has 0 radical (unpaired) electrons. The largest absolute Gasteiger partial charge is 0.352 e. The maximum absolute atomic E-state index is 4.55. The van der Waals surface area contributed by atoms with Gasteiger partial charge in [-0.05, 0) is 51.7 Å². The lowest BCUT2D eigenvalue weighted by molar-refractivity contribution is 0.494. The minimum Gasteiger partial charge on any atom is -0.352 e. The molecule has 1 aromatic heterocycles. The quantitative estimate of drug-likeness (QED) is 0.645. The number of anilines is 1. The second-order valence-corrected chi connectivity index (χ2v) is 5.27. The monoisotopic (exact) mass is 204 g/mol. The van der Waals surface area contributed by atoms with Crippen LogP contribution >= 0.6 is 0 Å². The predicted octanol–water partition coefficient (Wildman–Crippen LogP) is 3.02. The number of hydrogen-bond acceptors (Lipinski definition) is 2. The molecule has 15 heavy (non-hydrogen) atoms. The van der Waals surface area contributed by atoms with Gasteiger partial charge in [-0.1, -0.05) is 6.07 Å². The Morgan fingerprint density at radius 3 is 2.80 bits per heavy atom. The number of rotatable bonds is 0. The van der Waals surface area contributed by atoms with E-state index < -0.39 is 0 Å². The Morgan fingerprint density at radius 1 is 1.27 bits per heavy atom. The van der Waals surface area contributed by atoms with E-state index >= 15 is 0 Å². The number of fused-ring (bicyclic) bond motifs is 1. The van der Waals surface area contributed by atoms with Crippen molar-refractivity contribution in [1.29, 1.82) is 0 Å². The van der Waals surface area contributed by atoms with Gasteiger partial charge in [0.25, 0.3) is 0 Å². The lowest BCUT2D eigenvalue weighted by Crippen LogP contribution is -2.42. The standard InChI is InChI=1S/C13H20N2/c1-13(2,3)15-10-5-4-7-11-8-6-9-14-12(11)15/h6,8-9H,4-5,7,10H2,1-3H3. The first-order valence-electron chi connectivity index (χ1n) is 5.80. The summed E-state index contributed by atoms with van der Waals surface area (Å²) < 4.78 is 0. The van der Waals surface area contributed by atoms with Crippen molar-refractivity contribution in [2.45, 2.75) is 45.6 Å². The minimum atomic E-state index is 0.174. The molecule has 2 heterocycles. The number of hydrogen-bond donors (Lipinski definition) is 0. The number of pyridine rings is 1. The molecular weight excluding hydrogens is 184 g/mol. The van der Waals surface area contributed by atoms with Crippen LogP contribution in [0.25, 0.3) is 0 Å². The molecule has 0 amide bonds. The average molecular weight is 204 g/mol. The third-order valence-electron chi connectivity index (χ3n) is 3.01. The van der Waals surface area contributed by atoms with Gasteiger partial charge in [0.1, 0.15) is 5.82 Å². The topological polar surface area (TPSA) is 16.1 Å². The average Bonchev–Trinajstić information content (AvgIpc) is 2.38. The molecule has 0 atom stereocenters. The lowest BCUT2D eigenvalue weighted by atomic mass is 10.1. The van der Waals surface area contributed by atoms with Crippen molar-refractivity contribution in [3.8, 4) is 0 Å². The smallest absolute Gasteiger partial charge is 0.132 e. The maximum atomic E-state index is 4.55. The van der Waals surface area contributed by atoms with Gasteiger partial charge in [0.15, 0.2) is 0 Å². The van der Waals surface area contributed by atoms with Crippen molar-refractivity contribution in [1.82, 2.24) is 4.98 Å². The van der Waals surface area contributed by atoms with Crippen LogP contribution in [-0.4, -0.2) is 17.1 Å². The van der Waals surface area contributed by atoms with Crippen LogP contribution in [0.5, 0.6) is 0 Å². The Kier molecular flexibility index (Phi) is 2.68. The number of nitrogens with zero attached hydrogens (tertiary/aromatic N) is 2. The van der Waals surface area contributed by atoms with Crippen LogP contribution in [0.15, 0.2) is 18.3 Å². The summed E-state index contributed by atoms with van der Waals surface area (Å²) in [4.78, 5) is 6.99. The summed E-state index contributed by atoms with van der Waals surface area (Å²) >= 11 is 0. The van der Waals surface area contributed by atoms with Crippen LogP contribution in [0.1, 0.15) is 39.2 Å². The maximum Gasteiger partial charge on any atom is 0.132 e. The highest BCUT2D eigenvalue weighted by molar-refractivity contribution is 5.49. The number of aromatic nitrogens is 1. The van der Waals surface area contributed by atoms with Crippen LogP contribution in [0.3, 0.4) is 0 Å². The molecule has 0 saturated heterocycles. The molecule has 0 aromatic carbocycles. The summed E-state index contributed by atoms with van der Waals surface area (Å²) in [5, 5.41) is 0. The highest BCUT2D eigenvalue weighted by Crippen LogP contribution is 2.29.